The van der Waals surface area contributed by atoms with Gasteiger partial charge in [0, 0.05) is 45.4 Å². The number of nitrogens with zero attached hydrogens (tertiary/aromatic N) is 3. The fourth-order valence-corrected chi connectivity index (χ4v) is 9.57. The molecular weight excluding hydrogens is 739 g/mol. The Kier molecular flexibility index (Phi) is 8.17. The molecule has 12 rings (SSSR count). The highest BCUT2D eigenvalue weighted by Gasteiger charge is 2.20. The minimum atomic E-state index is 0.931. The molecule has 0 bridgehead atoms. The number of para-hydroxylation sites is 1. The summed E-state index contributed by atoms with van der Waals surface area (Å²) >= 11 is 0. The summed E-state index contributed by atoms with van der Waals surface area (Å²) in [6.07, 6.45) is 3.87. The molecule has 0 amide bonds. The third kappa shape index (κ3) is 5.74. The van der Waals surface area contributed by atoms with Gasteiger partial charge in [-0.1, -0.05) is 164 Å². The molecule has 12 aromatic rings. The van der Waals surface area contributed by atoms with Crippen LogP contribution in [0.4, 0.5) is 0 Å². The van der Waals surface area contributed by atoms with E-state index in [9.17, 15) is 0 Å². The molecule has 0 spiro atoms. The predicted octanol–water partition coefficient (Wildman–Crippen LogP) is 15.4. The van der Waals surface area contributed by atoms with Crippen molar-refractivity contribution >= 4 is 54.1 Å². The summed E-state index contributed by atoms with van der Waals surface area (Å²) in [6, 6.07) is 76.5. The van der Waals surface area contributed by atoms with Crippen LogP contribution in [0.5, 0.6) is 0 Å². The zero-order valence-electron chi connectivity index (χ0n) is 33.2. The molecule has 0 aliphatic carbocycles. The molecule has 0 radical (unpaired) electrons. The summed E-state index contributed by atoms with van der Waals surface area (Å²) in [5, 5.41) is 9.59. The van der Waals surface area contributed by atoms with Crippen LogP contribution in [-0.4, -0.2) is 14.5 Å². The summed E-state index contributed by atoms with van der Waals surface area (Å²) in [4.78, 5) is 9.99. The van der Waals surface area contributed by atoms with Gasteiger partial charge in [0.15, 0.2) is 0 Å². The second kappa shape index (κ2) is 14.3. The third-order valence-electron chi connectivity index (χ3n) is 12.2. The molecule has 9 aromatic carbocycles. The minimum absolute atomic E-state index is 0.931. The standard InChI is InChI=1S/C58H37N3/c1-4-16-38(17-5-1)56-45-25-11-12-26-46(45)57(39-18-6-2-7-19-39)50-35-41(30-31-47(50)56)40-20-14-21-42(34-40)53-28-15-29-54(60-53)49-36-51-52-37-59-33-32-55(52)61(43-22-8-3-9-23-43)58(51)48-27-13-10-24-44(48)49/h1-37H. The average Bonchev–Trinajstić information content (AvgIpc) is 3.68. The zero-order chi connectivity index (χ0) is 40.3. The van der Waals surface area contributed by atoms with Crippen molar-refractivity contribution in [3.63, 3.8) is 0 Å². The van der Waals surface area contributed by atoms with E-state index in [0.717, 1.165) is 61.0 Å². The van der Waals surface area contributed by atoms with Crippen molar-refractivity contribution < 1.29 is 0 Å². The number of hydrogen-bond donors (Lipinski definition) is 0. The Bertz CT molecular complexity index is 3630. The maximum absolute atomic E-state index is 5.41. The highest BCUT2D eigenvalue weighted by atomic mass is 15.0. The molecular formula is C58H37N3. The normalized spacial score (nSPS) is 11.6. The van der Waals surface area contributed by atoms with Crippen molar-refractivity contribution in [2.45, 2.75) is 0 Å². The number of fused-ring (bicyclic) bond motifs is 7. The number of aromatic nitrogens is 3. The Labute approximate surface area is 353 Å². The molecule has 3 aromatic heterocycles. The average molecular weight is 776 g/mol. The maximum atomic E-state index is 5.41. The molecule has 3 heteroatoms. The molecule has 0 aliphatic rings. The Morgan fingerprint density at radius 3 is 1.62 bits per heavy atom. The molecule has 3 nitrogen and oxygen atoms in total. The van der Waals surface area contributed by atoms with Gasteiger partial charge in [-0.3, -0.25) is 4.98 Å². The fourth-order valence-electron chi connectivity index (χ4n) is 9.57. The van der Waals surface area contributed by atoms with Gasteiger partial charge in [0.2, 0.25) is 0 Å². The maximum Gasteiger partial charge on any atom is 0.0716 e. The predicted molar refractivity (Wildman–Crippen MR) is 256 cm³/mol. The lowest BCUT2D eigenvalue weighted by Crippen LogP contribution is -1.95. The molecule has 0 atom stereocenters. The first-order valence-electron chi connectivity index (χ1n) is 20.8. The van der Waals surface area contributed by atoms with Crippen LogP contribution in [0, 0.1) is 0 Å². The summed E-state index contributed by atoms with van der Waals surface area (Å²) in [5.41, 5.74) is 14.7. The van der Waals surface area contributed by atoms with Crippen LogP contribution in [0.25, 0.3) is 116 Å². The van der Waals surface area contributed by atoms with Crippen molar-refractivity contribution in [2.24, 2.45) is 0 Å². The zero-order valence-corrected chi connectivity index (χ0v) is 33.2. The molecule has 61 heavy (non-hydrogen) atoms. The molecule has 0 saturated carbocycles. The van der Waals surface area contributed by atoms with E-state index in [1.165, 1.54) is 54.7 Å². The summed E-state index contributed by atoms with van der Waals surface area (Å²) in [5.74, 6) is 0. The Morgan fingerprint density at radius 1 is 0.328 bits per heavy atom. The number of benzene rings is 9. The second-order valence-electron chi connectivity index (χ2n) is 15.7. The highest BCUT2D eigenvalue weighted by molar-refractivity contribution is 6.23. The largest absolute Gasteiger partial charge is 0.309 e. The van der Waals surface area contributed by atoms with Gasteiger partial charge in [-0.15, -0.1) is 0 Å². The fraction of sp³-hybridized carbons (Fsp3) is 0. The number of pyridine rings is 2. The van der Waals surface area contributed by atoms with E-state index >= 15 is 0 Å². The lowest BCUT2D eigenvalue weighted by Gasteiger charge is -2.19. The van der Waals surface area contributed by atoms with Crippen molar-refractivity contribution in [1.29, 1.82) is 0 Å². The van der Waals surface area contributed by atoms with Gasteiger partial charge >= 0.3 is 0 Å². The van der Waals surface area contributed by atoms with E-state index in [4.69, 9.17) is 4.98 Å². The van der Waals surface area contributed by atoms with Crippen LogP contribution in [0.1, 0.15) is 0 Å². The van der Waals surface area contributed by atoms with E-state index in [1.54, 1.807) is 0 Å². The summed E-state index contributed by atoms with van der Waals surface area (Å²) < 4.78 is 2.37. The minimum Gasteiger partial charge on any atom is -0.309 e. The smallest absolute Gasteiger partial charge is 0.0716 e. The first-order chi connectivity index (χ1) is 30.3. The van der Waals surface area contributed by atoms with Crippen LogP contribution in [0.2, 0.25) is 0 Å². The lowest BCUT2D eigenvalue weighted by molar-refractivity contribution is 1.18. The summed E-state index contributed by atoms with van der Waals surface area (Å²) in [7, 11) is 0. The Balaban J connectivity index is 1.02. The van der Waals surface area contributed by atoms with Gasteiger partial charge in [-0.2, -0.15) is 0 Å². The first-order valence-corrected chi connectivity index (χ1v) is 20.8. The molecule has 0 N–H and O–H groups in total. The van der Waals surface area contributed by atoms with Crippen LogP contribution in [-0.2, 0) is 0 Å². The quantitative estimate of drug-likeness (QED) is 0.158. The number of rotatable bonds is 6. The van der Waals surface area contributed by atoms with E-state index in [-0.39, 0.29) is 0 Å². The SMILES string of the molecule is c1ccc(-c2c3ccccc3c(-c3ccccc3)c3cc(-c4cccc(-c5cccc(-c6cc7c8cnccc8n(-c8ccccc8)c7c7ccccc67)n5)c4)ccc23)cc1. The summed E-state index contributed by atoms with van der Waals surface area (Å²) in [6.45, 7) is 0. The van der Waals surface area contributed by atoms with Crippen molar-refractivity contribution in [2.75, 3.05) is 0 Å². The lowest BCUT2D eigenvalue weighted by atomic mass is 9.85. The van der Waals surface area contributed by atoms with Gasteiger partial charge < -0.3 is 4.57 Å². The highest BCUT2D eigenvalue weighted by Crippen LogP contribution is 2.45. The monoisotopic (exact) mass is 775 g/mol. The topological polar surface area (TPSA) is 30.7 Å². The Morgan fingerprint density at radius 2 is 0.885 bits per heavy atom. The molecule has 0 unspecified atom stereocenters. The molecule has 0 fully saturated rings. The van der Waals surface area contributed by atoms with Gasteiger partial charge in [0.1, 0.15) is 0 Å². The molecule has 3 heterocycles. The van der Waals surface area contributed by atoms with Crippen LogP contribution >= 0.6 is 0 Å². The van der Waals surface area contributed by atoms with Crippen LogP contribution in [0.15, 0.2) is 225 Å². The molecule has 284 valence electrons. The van der Waals surface area contributed by atoms with Crippen molar-refractivity contribution in [3.05, 3.63) is 225 Å². The van der Waals surface area contributed by atoms with Gasteiger partial charge in [0.25, 0.3) is 0 Å². The van der Waals surface area contributed by atoms with Crippen LogP contribution < -0.4 is 0 Å². The number of hydrogen-bond acceptors (Lipinski definition) is 2. The molecule has 0 aliphatic heterocycles. The van der Waals surface area contributed by atoms with Gasteiger partial charge in [-0.05, 0) is 109 Å². The van der Waals surface area contributed by atoms with Gasteiger partial charge in [-0.25, -0.2) is 4.98 Å². The van der Waals surface area contributed by atoms with E-state index in [2.05, 4.69) is 222 Å². The van der Waals surface area contributed by atoms with Crippen molar-refractivity contribution in [3.8, 4) is 61.6 Å². The van der Waals surface area contributed by atoms with Crippen LogP contribution in [0.3, 0.4) is 0 Å². The first kappa shape index (κ1) is 34.9. The van der Waals surface area contributed by atoms with Crippen molar-refractivity contribution in [1.82, 2.24) is 14.5 Å². The van der Waals surface area contributed by atoms with E-state index in [0.29, 0.717) is 0 Å². The molecule has 0 saturated heterocycles. The van der Waals surface area contributed by atoms with E-state index < -0.39 is 0 Å². The second-order valence-corrected chi connectivity index (χ2v) is 15.7. The van der Waals surface area contributed by atoms with E-state index in [1.807, 2.05) is 12.4 Å². The van der Waals surface area contributed by atoms with Gasteiger partial charge in [0.05, 0.1) is 22.4 Å². The third-order valence-corrected chi connectivity index (χ3v) is 12.2. The Hall–Kier alpha value is -8.14.